The van der Waals surface area contributed by atoms with Gasteiger partial charge < -0.3 is 24.1 Å². The number of furan rings is 1. The topological polar surface area (TPSA) is 101 Å². The second-order valence-corrected chi connectivity index (χ2v) is 6.85. The maximum Gasteiger partial charge on any atom is 0.373 e. The van der Waals surface area contributed by atoms with Gasteiger partial charge in [0.2, 0.25) is 5.76 Å². The second-order valence-electron chi connectivity index (χ2n) is 6.85. The zero-order valence-corrected chi connectivity index (χ0v) is 17.5. The van der Waals surface area contributed by atoms with Gasteiger partial charge >= 0.3 is 12.0 Å². The van der Waals surface area contributed by atoms with Crippen LogP contribution in [0.4, 0.5) is 10.5 Å². The van der Waals surface area contributed by atoms with Gasteiger partial charge in [0.15, 0.2) is 0 Å². The maximum absolute atomic E-state index is 12.8. The minimum Gasteiger partial charge on any atom is -0.489 e. The number of carbonyl (C=O) groups excluding carboxylic acids is 3. The van der Waals surface area contributed by atoms with Crippen molar-refractivity contribution < 1.29 is 28.3 Å². The first-order valence-corrected chi connectivity index (χ1v) is 9.40. The molecule has 0 spiro atoms. The van der Waals surface area contributed by atoms with Crippen LogP contribution in [0.5, 0.6) is 5.75 Å². The summed E-state index contributed by atoms with van der Waals surface area (Å²) in [5.41, 5.74) is 1.65. The van der Waals surface area contributed by atoms with Gasteiger partial charge in [-0.2, -0.15) is 0 Å². The van der Waals surface area contributed by atoms with Gasteiger partial charge in [-0.05, 0) is 30.3 Å². The van der Waals surface area contributed by atoms with Gasteiger partial charge in [0.1, 0.15) is 23.8 Å². The van der Waals surface area contributed by atoms with E-state index in [2.05, 4.69) is 16.6 Å². The summed E-state index contributed by atoms with van der Waals surface area (Å²) in [6.45, 7) is 3.82. The number of esters is 1. The van der Waals surface area contributed by atoms with Crippen LogP contribution in [0, 0.1) is 0 Å². The van der Waals surface area contributed by atoms with Crippen molar-refractivity contribution in [2.24, 2.45) is 0 Å². The molecule has 1 fully saturated rings. The standard InChI is InChI=1S/C22H23N3O6/c1-5-10-30-19-12-15(24(2)3)7-6-14(19)11-17-20(26)25(22(28)23-17)13-16-8-9-18(31-16)21(27)29-4/h5-9,11-12H,1,10,13H2,2-4H3,(H,23,28)/b17-11-. The van der Waals surface area contributed by atoms with E-state index >= 15 is 0 Å². The Labute approximate surface area is 179 Å². The molecule has 1 N–H and O–H groups in total. The Balaban J connectivity index is 1.83. The largest absolute Gasteiger partial charge is 0.489 e. The predicted molar refractivity (Wildman–Crippen MR) is 114 cm³/mol. The maximum atomic E-state index is 12.8. The molecule has 0 atom stereocenters. The van der Waals surface area contributed by atoms with Crippen molar-refractivity contribution in [2.75, 3.05) is 32.7 Å². The average Bonchev–Trinajstić information content (AvgIpc) is 3.32. The molecule has 162 valence electrons. The first-order valence-electron chi connectivity index (χ1n) is 9.40. The molecule has 3 amide bonds. The summed E-state index contributed by atoms with van der Waals surface area (Å²) >= 11 is 0. The molecule has 1 aromatic heterocycles. The zero-order chi connectivity index (χ0) is 22.5. The van der Waals surface area contributed by atoms with Gasteiger partial charge in [-0.1, -0.05) is 12.7 Å². The number of ether oxygens (including phenoxy) is 2. The molecule has 9 heteroatoms. The van der Waals surface area contributed by atoms with Gasteiger partial charge in [-0.3, -0.25) is 9.69 Å². The number of benzene rings is 1. The lowest BCUT2D eigenvalue weighted by Crippen LogP contribution is -2.30. The molecule has 3 rings (SSSR count). The van der Waals surface area contributed by atoms with Crippen LogP contribution in [0.2, 0.25) is 0 Å². The van der Waals surface area contributed by atoms with Crippen LogP contribution in [-0.2, 0) is 16.1 Å². The van der Waals surface area contributed by atoms with Crippen molar-refractivity contribution >= 4 is 29.7 Å². The molecule has 0 unspecified atom stereocenters. The highest BCUT2D eigenvalue weighted by Crippen LogP contribution is 2.28. The number of carbonyl (C=O) groups is 3. The lowest BCUT2D eigenvalue weighted by Gasteiger charge is -2.16. The van der Waals surface area contributed by atoms with E-state index in [1.165, 1.54) is 19.2 Å². The van der Waals surface area contributed by atoms with E-state index in [4.69, 9.17) is 9.15 Å². The lowest BCUT2D eigenvalue weighted by atomic mass is 10.1. The zero-order valence-electron chi connectivity index (χ0n) is 17.5. The summed E-state index contributed by atoms with van der Waals surface area (Å²) in [6, 6.07) is 7.86. The normalized spacial score (nSPS) is 14.5. The molecule has 0 radical (unpaired) electrons. The number of hydrogen-bond acceptors (Lipinski definition) is 7. The van der Waals surface area contributed by atoms with Crippen molar-refractivity contribution in [3.8, 4) is 5.75 Å². The Morgan fingerprint density at radius 2 is 2.03 bits per heavy atom. The third-order valence-corrected chi connectivity index (χ3v) is 4.49. The van der Waals surface area contributed by atoms with E-state index in [0.717, 1.165) is 10.6 Å². The molecule has 0 aliphatic carbocycles. The lowest BCUT2D eigenvalue weighted by molar-refractivity contribution is -0.123. The van der Waals surface area contributed by atoms with Crippen LogP contribution in [0.3, 0.4) is 0 Å². The van der Waals surface area contributed by atoms with Crippen LogP contribution in [0.1, 0.15) is 21.9 Å². The summed E-state index contributed by atoms with van der Waals surface area (Å²) in [5.74, 6) is -0.349. The van der Waals surface area contributed by atoms with Crippen molar-refractivity contribution in [3.05, 3.63) is 65.8 Å². The summed E-state index contributed by atoms with van der Waals surface area (Å²) in [6.07, 6.45) is 3.18. The van der Waals surface area contributed by atoms with Gasteiger partial charge in [-0.25, -0.2) is 9.59 Å². The van der Waals surface area contributed by atoms with Gasteiger partial charge in [-0.15, -0.1) is 0 Å². The van der Waals surface area contributed by atoms with E-state index in [0.29, 0.717) is 17.9 Å². The van der Waals surface area contributed by atoms with E-state index in [9.17, 15) is 14.4 Å². The molecule has 2 heterocycles. The van der Waals surface area contributed by atoms with Gasteiger partial charge in [0.05, 0.1) is 13.7 Å². The number of hydrogen-bond donors (Lipinski definition) is 1. The molecular weight excluding hydrogens is 402 g/mol. The Morgan fingerprint density at radius 3 is 2.71 bits per heavy atom. The number of methoxy groups -OCH3 is 1. The summed E-state index contributed by atoms with van der Waals surface area (Å²) < 4.78 is 15.7. The summed E-state index contributed by atoms with van der Waals surface area (Å²) in [7, 11) is 5.05. The van der Waals surface area contributed by atoms with Crippen LogP contribution in [-0.4, -0.2) is 50.6 Å². The second kappa shape index (κ2) is 9.21. The Morgan fingerprint density at radius 1 is 1.26 bits per heavy atom. The molecule has 2 aromatic rings. The first-order chi connectivity index (χ1) is 14.8. The number of amides is 3. The van der Waals surface area contributed by atoms with E-state index in [1.807, 2.05) is 31.1 Å². The number of rotatable bonds is 8. The SMILES string of the molecule is C=CCOc1cc(N(C)C)ccc1/C=C1\NC(=O)N(Cc2ccc(C(=O)OC)o2)C1=O. The molecule has 0 bridgehead atoms. The summed E-state index contributed by atoms with van der Waals surface area (Å²) in [5, 5.41) is 2.56. The fraction of sp³-hybridized carbons (Fsp3) is 0.227. The fourth-order valence-corrected chi connectivity index (χ4v) is 2.89. The number of nitrogens with one attached hydrogen (secondary N) is 1. The van der Waals surface area contributed by atoms with E-state index in [1.54, 1.807) is 18.2 Å². The monoisotopic (exact) mass is 425 g/mol. The highest BCUT2D eigenvalue weighted by Gasteiger charge is 2.34. The molecule has 31 heavy (non-hydrogen) atoms. The number of nitrogens with zero attached hydrogens (tertiary/aromatic N) is 2. The molecular formula is C22H23N3O6. The number of anilines is 1. The molecule has 1 saturated heterocycles. The fourth-order valence-electron chi connectivity index (χ4n) is 2.89. The quantitative estimate of drug-likeness (QED) is 0.300. The molecule has 1 aliphatic rings. The molecule has 0 saturated carbocycles. The first kappa shape index (κ1) is 21.7. The van der Waals surface area contributed by atoms with Crippen molar-refractivity contribution in [3.63, 3.8) is 0 Å². The molecule has 9 nitrogen and oxygen atoms in total. The molecule has 1 aliphatic heterocycles. The van der Waals surface area contributed by atoms with E-state index in [-0.39, 0.29) is 23.8 Å². The van der Waals surface area contributed by atoms with E-state index < -0.39 is 17.9 Å². The highest BCUT2D eigenvalue weighted by atomic mass is 16.5. The molecule has 1 aromatic carbocycles. The summed E-state index contributed by atoms with van der Waals surface area (Å²) in [4.78, 5) is 39.6. The van der Waals surface area contributed by atoms with Gasteiger partial charge in [0.25, 0.3) is 5.91 Å². The highest BCUT2D eigenvalue weighted by molar-refractivity contribution is 6.14. The van der Waals surface area contributed by atoms with Crippen molar-refractivity contribution in [1.29, 1.82) is 0 Å². The third kappa shape index (κ3) is 4.77. The predicted octanol–water partition coefficient (Wildman–Crippen LogP) is 2.79. The Hall–Kier alpha value is -4.01. The number of imide groups is 1. The Kier molecular flexibility index (Phi) is 6.44. The minimum absolute atomic E-state index is 0.00897. The van der Waals surface area contributed by atoms with Crippen molar-refractivity contribution in [1.82, 2.24) is 10.2 Å². The minimum atomic E-state index is -0.641. The van der Waals surface area contributed by atoms with Crippen LogP contribution in [0.25, 0.3) is 6.08 Å². The van der Waals surface area contributed by atoms with Crippen molar-refractivity contribution in [2.45, 2.75) is 6.54 Å². The van der Waals surface area contributed by atoms with Crippen LogP contribution < -0.4 is 15.0 Å². The smallest absolute Gasteiger partial charge is 0.373 e. The van der Waals surface area contributed by atoms with Crippen LogP contribution in [0.15, 0.2) is 53.1 Å². The third-order valence-electron chi connectivity index (χ3n) is 4.49. The van der Waals surface area contributed by atoms with Crippen LogP contribution >= 0.6 is 0 Å². The Bertz CT molecular complexity index is 1050. The van der Waals surface area contributed by atoms with Gasteiger partial charge in [0, 0.05) is 31.4 Å². The average molecular weight is 425 g/mol. The number of urea groups is 1.